The molecule has 2 atom stereocenters. The second-order valence-corrected chi connectivity index (χ2v) is 4.40. The quantitative estimate of drug-likeness (QED) is 0.641. The molecule has 0 aliphatic carbocycles. The smallest absolute Gasteiger partial charge is 0.412 e. The maximum absolute atomic E-state index is 11.5. The predicted octanol–water partition coefficient (Wildman–Crippen LogP) is 2.26. The zero-order valence-corrected chi connectivity index (χ0v) is 10.4. The zero-order chi connectivity index (χ0) is 13.0. The highest BCUT2D eigenvalue weighted by Crippen LogP contribution is 2.18. The SMILES string of the molecule is C=C(C)OC(=O)N[C@@H](Cc1ccccc1)[C@H]1CO1. The van der Waals surface area contributed by atoms with Crippen LogP contribution in [0.15, 0.2) is 42.7 Å². The van der Waals surface area contributed by atoms with Crippen molar-refractivity contribution in [2.75, 3.05) is 6.61 Å². The number of rotatable bonds is 5. The summed E-state index contributed by atoms with van der Waals surface area (Å²) in [6, 6.07) is 9.93. The van der Waals surface area contributed by atoms with Crippen LogP contribution >= 0.6 is 0 Å². The Morgan fingerprint density at radius 1 is 1.56 bits per heavy atom. The molecule has 0 aromatic heterocycles. The Bertz CT molecular complexity index is 426. The van der Waals surface area contributed by atoms with Gasteiger partial charge in [0, 0.05) is 0 Å². The number of benzene rings is 1. The Morgan fingerprint density at radius 2 is 2.22 bits per heavy atom. The van der Waals surface area contributed by atoms with Crippen LogP contribution in [0.3, 0.4) is 0 Å². The van der Waals surface area contributed by atoms with Crippen LogP contribution in [0, 0.1) is 0 Å². The van der Waals surface area contributed by atoms with Gasteiger partial charge in [0.25, 0.3) is 0 Å². The molecule has 2 rings (SSSR count). The third-order valence-corrected chi connectivity index (χ3v) is 2.68. The van der Waals surface area contributed by atoms with Gasteiger partial charge in [-0.25, -0.2) is 4.79 Å². The molecule has 1 fully saturated rings. The van der Waals surface area contributed by atoms with E-state index in [0.29, 0.717) is 12.4 Å². The molecule has 4 heteroatoms. The highest BCUT2D eigenvalue weighted by Gasteiger charge is 2.34. The van der Waals surface area contributed by atoms with E-state index >= 15 is 0 Å². The Kier molecular flexibility index (Phi) is 3.99. The minimum atomic E-state index is -0.473. The van der Waals surface area contributed by atoms with Crippen molar-refractivity contribution in [3.05, 3.63) is 48.2 Å². The monoisotopic (exact) mass is 247 g/mol. The van der Waals surface area contributed by atoms with Crippen LogP contribution < -0.4 is 5.32 Å². The van der Waals surface area contributed by atoms with Crippen LogP contribution in [-0.4, -0.2) is 24.8 Å². The molecule has 0 saturated carbocycles. The molecule has 0 bridgehead atoms. The molecule has 1 aromatic rings. The molecule has 96 valence electrons. The minimum Gasteiger partial charge on any atom is -0.416 e. The number of amides is 1. The standard InChI is InChI=1S/C14H17NO3/c1-10(2)18-14(16)15-12(13-9-17-13)8-11-6-4-3-5-7-11/h3-7,12-13H,1,8-9H2,2H3,(H,15,16)/t12-,13+/m0/s1. The van der Waals surface area contributed by atoms with E-state index in [1.165, 1.54) is 0 Å². The molecule has 0 radical (unpaired) electrons. The Balaban J connectivity index is 1.92. The highest BCUT2D eigenvalue weighted by molar-refractivity contribution is 5.68. The average Bonchev–Trinajstić information content (AvgIpc) is 3.12. The van der Waals surface area contributed by atoms with Crippen LogP contribution in [0.4, 0.5) is 4.79 Å². The van der Waals surface area contributed by atoms with Gasteiger partial charge in [0.05, 0.1) is 18.4 Å². The van der Waals surface area contributed by atoms with E-state index in [4.69, 9.17) is 9.47 Å². The summed E-state index contributed by atoms with van der Waals surface area (Å²) < 4.78 is 10.2. The summed E-state index contributed by atoms with van der Waals surface area (Å²) in [6.07, 6.45) is 0.346. The maximum atomic E-state index is 11.5. The molecule has 0 spiro atoms. The number of ether oxygens (including phenoxy) is 2. The molecule has 0 unspecified atom stereocenters. The first kappa shape index (κ1) is 12.6. The van der Waals surface area contributed by atoms with E-state index in [0.717, 1.165) is 12.0 Å². The van der Waals surface area contributed by atoms with Gasteiger partial charge in [-0.2, -0.15) is 0 Å². The predicted molar refractivity (Wildman–Crippen MR) is 68.1 cm³/mol. The topological polar surface area (TPSA) is 50.9 Å². The summed E-state index contributed by atoms with van der Waals surface area (Å²) in [7, 11) is 0. The summed E-state index contributed by atoms with van der Waals surface area (Å²) in [5.41, 5.74) is 1.16. The molecule has 1 saturated heterocycles. The van der Waals surface area contributed by atoms with Gasteiger partial charge in [-0.15, -0.1) is 0 Å². The first-order valence-corrected chi connectivity index (χ1v) is 5.94. The van der Waals surface area contributed by atoms with E-state index in [9.17, 15) is 4.79 Å². The van der Waals surface area contributed by atoms with Gasteiger partial charge in [0.1, 0.15) is 6.10 Å². The van der Waals surface area contributed by atoms with Gasteiger partial charge in [-0.1, -0.05) is 36.9 Å². The van der Waals surface area contributed by atoms with Crippen molar-refractivity contribution in [2.24, 2.45) is 0 Å². The van der Waals surface area contributed by atoms with Gasteiger partial charge in [0.15, 0.2) is 0 Å². The molecule has 18 heavy (non-hydrogen) atoms. The molecule has 1 heterocycles. The lowest BCUT2D eigenvalue weighted by Gasteiger charge is -2.16. The molecule has 1 aliphatic rings. The van der Waals surface area contributed by atoms with Crippen molar-refractivity contribution in [3.8, 4) is 0 Å². The molecular formula is C14H17NO3. The van der Waals surface area contributed by atoms with E-state index in [1.807, 2.05) is 30.3 Å². The lowest BCUT2D eigenvalue weighted by atomic mass is 10.0. The second kappa shape index (κ2) is 5.69. The third kappa shape index (κ3) is 3.89. The first-order chi connectivity index (χ1) is 8.65. The van der Waals surface area contributed by atoms with Crippen molar-refractivity contribution < 1.29 is 14.3 Å². The van der Waals surface area contributed by atoms with Crippen LogP contribution in [0.2, 0.25) is 0 Å². The number of allylic oxidation sites excluding steroid dienone is 1. The van der Waals surface area contributed by atoms with Crippen molar-refractivity contribution in [1.82, 2.24) is 5.32 Å². The summed E-state index contributed by atoms with van der Waals surface area (Å²) >= 11 is 0. The number of epoxide rings is 1. The van der Waals surface area contributed by atoms with Gasteiger partial charge >= 0.3 is 6.09 Å². The van der Waals surface area contributed by atoms with Crippen molar-refractivity contribution in [1.29, 1.82) is 0 Å². The lowest BCUT2D eigenvalue weighted by Crippen LogP contribution is -2.40. The van der Waals surface area contributed by atoms with E-state index in [-0.39, 0.29) is 12.1 Å². The number of nitrogens with one attached hydrogen (secondary N) is 1. The van der Waals surface area contributed by atoms with Gasteiger partial charge in [-0.3, -0.25) is 0 Å². The number of alkyl carbamates (subject to hydrolysis) is 1. The maximum Gasteiger partial charge on any atom is 0.412 e. The van der Waals surface area contributed by atoms with Gasteiger partial charge in [0.2, 0.25) is 0 Å². The molecule has 1 aromatic carbocycles. The summed E-state index contributed by atoms with van der Waals surface area (Å²) in [4.78, 5) is 11.5. The molecule has 1 N–H and O–H groups in total. The van der Waals surface area contributed by atoms with Crippen LogP contribution in [0.5, 0.6) is 0 Å². The minimum absolute atomic E-state index is 0.0563. The zero-order valence-electron chi connectivity index (χ0n) is 10.4. The Morgan fingerprint density at radius 3 is 2.78 bits per heavy atom. The molecular weight excluding hydrogens is 230 g/mol. The second-order valence-electron chi connectivity index (χ2n) is 4.40. The van der Waals surface area contributed by atoms with Crippen LogP contribution in [0.25, 0.3) is 0 Å². The fourth-order valence-electron chi connectivity index (χ4n) is 1.77. The largest absolute Gasteiger partial charge is 0.416 e. The lowest BCUT2D eigenvalue weighted by molar-refractivity contribution is 0.169. The third-order valence-electron chi connectivity index (χ3n) is 2.68. The highest BCUT2D eigenvalue weighted by atomic mass is 16.6. The number of carbonyl (C=O) groups is 1. The van der Waals surface area contributed by atoms with E-state index < -0.39 is 6.09 Å². The van der Waals surface area contributed by atoms with Crippen LogP contribution in [0.1, 0.15) is 12.5 Å². The number of carbonyl (C=O) groups excluding carboxylic acids is 1. The molecule has 4 nitrogen and oxygen atoms in total. The van der Waals surface area contributed by atoms with Gasteiger partial charge < -0.3 is 14.8 Å². The normalized spacial score (nSPS) is 18.8. The summed E-state index contributed by atoms with van der Waals surface area (Å²) in [5, 5.41) is 2.81. The van der Waals surface area contributed by atoms with E-state index in [2.05, 4.69) is 11.9 Å². The summed E-state index contributed by atoms with van der Waals surface area (Å²) in [6.45, 7) is 5.86. The number of hydrogen-bond acceptors (Lipinski definition) is 3. The van der Waals surface area contributed by atoms with Gasteiger partial charge in [-0.05, 0) is 18.9 Å². The fraction of sp³-hybridized carbons (Fsp3) is 0.357. The first-order valence-electron chi connectivity index (χ1n) is 5.94. The van der Waals surface area contributed by atoms with Crippen molar-refractivity contribution in [3.63, 3.8) is 0 Å². The Labute approximate surface area is 107 Å². The molecule has 1 aliphatic heterocycles. The van der Waals surface area contributed by atoms with Crippen molar-refractivity contribution >= 4 is 6.09 Å². The van der Waals surface area contributed by atoms with E-state index in [1.54, 1.807) is 6.92 Å². The van der Waals surface area contributed by atoms with Crippen molar-refractivity contribution in [2.45, 2.75) is 25.5 Å². The Hall–Kier alpha value is -1.81. The number of hydrogen-bond donors (Lipinski definition) is 1. The fourth-order valence-corrected chi connectivity index (χ4v) is 1.77. The summed E-state index contributed by atoms with van der Waals surface area (Å²) in [5.74, 6) is 0.377. The average molecular weight is 247 g/mol. The molecule has 1 amide bonds. The van der Waals surface area contributed by atoms with Crippen LogP contribution in [-0.2, 0) is 15.9 Å².